The van der Waals surface area contributed by atoms with Crippen molar-refractivity contribution in [2.75, 3.05) is 26.7 Å². The van der Waals surface area contributed by atoms with Crippen LogP contribution in [0.2, 0.25) is 0 Å². The smallest absolute Gasteiger partial charge is 0.00387 e. The lowest BCUT2D eigenvalue weighted by Crippen LogP contribution is -2.28. The van der Waals surface area contributed by atoms with E-state index in [4.69, 9.17) is 0 Å². The number of hydrogen-bond acceptors (Lipinski definition) is 2. The van der Waals surface area contributed by atoms with E-state index < -0.39 is 0 Å². The van der Waals surface area contributed by atoms with Gasteiger partial charge in [-0.3, -0.25) is 0 Å². The molecule has 0 aliphatic carbocycles. The third-order valence-electron chi connectivity index (χ3n) is 3.24. The number of nitrogens with zero attached hydrogens (tertiary/aromatic N) is 1. The molecule has 15 heavy (non-hydrogen) atoms. The summed E-state index contributed by atoms with van der Waals surface area (Å²) < 4.78 is 0. The second-order valence-electron chi connectivity index (χ2n) is 4.84. The van der Waals surface area contributed by atoms with Crippen LogP contribution in [0.4, 0.5) is 0 Å². The molecule has 1 atom stereocenters. The Balaban J connectivity index is 2.11. The first-order chi connectivity index (χ1) is 7.24. The van der Waals surface area contributed by atoms with Crippen molar-refractivity contribution in [3.8, 4) is 0 Å². The molecule has 0 saturated carbocycles. The summed E-state index contributed by atoms with van der Waals surface area (Å²) in [7, 11) is 2.01. The zero-order valence-corrected chi connectivity index (χ0v) is 10.5. The third-order valence-corrected chi connectivity index (χ3v) is 3.24. The highest BCUT2D eigenvalue weighted by Crippen LogP contribution is 2.21. The quantitative estimate of drug-likeness (QED) is 0.534. The molecular weight excluding hydrogens is 184 g/mol. The van der Waals surface area contributed by atoms with Gasteiger partial charge in [0.25, 0.3) is 0 Å². The highest BCUT2D eigenvalue weighted by molar-refractivity contribution is 4.88. The van der Waals surface area contributed by atoms with Crippen molar-refractivity contribution in [1.29, 1.82) is 0 Å². The van der Waals surface area contributed by atoms with E-state index in [1.54, 1.807) is 0 Å². The number of nitrogens with one attached hydrogen (secondary N) is 1. The molecule has 88 valence electrons. The summed E-state index contributed by atoms with van der Waals surface area (Å²) >= 11 is 0. The van der Waals surface area contributed by atoms with Crippen LogP contribution in [0.3, 0.4) is 0 Å². The van der Waals surface area contributed by atoms with Crippen LogP contribution in [0.25, 0.3) is 0 Å². The average molecular weight is 210 g/mol. The predicted molar refractivity (Wildman–Crippen MR) is 67.1 cm³/mol. The molecule has 0 bridgehead atoms. The van der Waals surface area contributed by atoms with Gasteiger partial charge >= 0.3 is 0 Å². The minimum absolute atomic E-state index is 0.725. The fourth-order valence-corrected chi connectivity index (χ4v) is 2.16. The summed E-state index contributed by atoms with van der Waals surface area (Å²) in [6.45, 7) is 8.29. The Morgan fingerprint density at radius 3 is 2.80 bits per heavy atom. The highest BCUT2D eigenvalue weighted by atomic mass is 15.2. The maximum absolute atomic E-state index is 3.16. The van der Waals surface area contributed by atoms with E-state index in [-0.39, 0.29) is 0 Å². The first kappa shape index (κ1) is 12.7. The van der Waals surface area contributed by atoms with Gasteiger partial charge in [0.05, 0.1) is 0 Å². The molecule has 2 heteroatoms. The van der Waals surface area contributed by atoms with Gasteiger partial charge in [-0.05, 0) is 59.2 Å². The summed E-state index contributed by atoms with van der Waals surface area (Å²) in [5.74, 6) is 0.901. The van der Waals surface area contributed by atoms with Crippen molar-refractivity contribution in [2.45, 2.75) is 39.2 Å². The van der Waals surface area contributed by atoms with Gasteiger partial charge in [-0.25, -0.2) is 0 Å². The zero-order valence-electron chi connectivity index (χ0n) is 10.5. The molecule has 1 unspecified atom stereocenters. The number of rotatable bonds is 6. The normalized spacial score (nSPS) is 23.3. The maximum atomic E-state index is 3.16. The van der Waals surface area contributed by atoms with Gasteiger partial charge in [-0.2, -0.15) is 0 Å². The van der Waals surface area contributed by atoms with Crippen molar-refractivity contribution in [1.82, 2.24) is 10.2 Å². The lowest BCUT2D eigenvalue weighted by molar-refractivity contribution is 0.265. The van der Waals surface area contributed by atoms with Crippen LogP contribution >= 0.6 is 0 Å². The molecule has 1 aliphatic rings. The van der Waals surface area contributed by atoms with E-state index in [0.717, 1.165) is 24.9 Å². The summed E-state index contributed by atoms with van der Waals surface area (Å²) in [5, 5.41) is 3.16. The van der Waals surface area contributed by atoms with Crippen molar-refractivity contribution >= 4 is 0 Å². The molecule has 0 aromatic rings. The molecule has 1 heterocycles. The standard InChI is InChI=1S/C13H26N2/c1-12(2)15-10-8-13(11-15)7-5-4-6-9-14-3/h4-5,12-14H,6-11H2,1-3H3/b5-4-. The van der Waals surface area contributed by atoms with E-state index >= 15 is 0 Å². The molecule has 1 saturated heterocycles. The van der Waals surface area contributed by atoms with Crippen LogP contribution < -0.4 is 5.32 Å². The minimum atomic E-state index is 0.725. The Hall–Kier alpha value is -0.340. The topological polar surface area (TPSA) is 15.3 Å². The van der Waals surface area contributed by atoms with Crippen LogP contribution in [0.1, 0.15) is 33.1 Å². The second-order valence-corrected chi connectivity index (χ2v) is 4.84. The molecule has 0 radical (unpaired) electrons. The molecule has 1 fully saturated rings. The Morgan fingerprint density at radius 2 is 2.20 bits per heavy atom. The summed E-state index contributed by atoms with van der Waals surface area (Å²) in [6.07, 6.45) is 8.50. The van der Waals surface area contributed by atoms with Gasteiger partial charge in [0, 0.05) is 12.6 Å². The monoisotopic (exact) mass is 210 g/mol. The van der Waals surface area contributed by atoms with Gasteiger partial charge in [0.15, 0.2) is 0 Å². The van der Waals surface area contributed by atoms with Gasteiger partial charge in [0.1, 0.15) is 0 Å². The number of likely N-dealkylation sites (tertiary alicyclic amines) is 1. The van der Waals surface area contributed by atoms with Crippen molar-refractivity contribution in [3.63, 3.8) is 0 Å². The summed E-state index contributed by atoms with van der Waals surface area (Å²) in [4.78, 5) is 2.59. The van der Waals surface area contributed by atoms with Crippen LogP contribution in [-0.4, -0.2) is 37.6 Å². The average Bonchev–Trinajstić information content (AvgIpc) is 2.66. The Morgan fingerprint density at radius 1 is 1.40 bits per heavy atom. The third kappa shape index (κ3) is 4.80. The first-order valence-electron chi connectivity index (χ1n) is 6.27. The van der Waals surface area contributed by atoms with E-state index in [2.05, 4.69) is 36.2 Å². The van der Waals surface area contributed by atoms with Crippen molar-refractivity contribution < 1.29 is 0 Å². The van der Waals surface area contributed by atoms with Crippen LogP contribution in [0.15, 0.2) is 12.2 Å². The molecule has 1 rings (SSSR count). The Labute approximate surface area is 94.7 Å². The van der Waals surface area contributed by atoms with Crippen LogP contribution in [0, 0.1) is 5.92 Å². The zero-order chi connectivity index (χ0) is 11.1. The molecule has 0 aromatic carbocycles. The van der Waals surface area contributed by atoms with Gasteiger partial charge in [-0.15, -0.1) is 0 Å². The fourth-order valence-electron chi connectivity index (χ4n) is 2.16. The number of hydrogen-bond donors (Lipinski definition) is 1. The Bertz CT molecular complexity index is 187. The van der Waals surface area contributed by atoms with Gasteiger partial charge < -0.3 is 10.2 Å². The fraction of sp³-hybridized carbons (Fsp3) is 0.846. The highest BCUT2D eigenvalue weighted by Gasteiger charge is 2.22. The lowest BCUT2D eigenvalue weighted by Gasteiger charge is -2.19. The number of allylic oxidation sites excluding steroid dienone is 1. The minimum Gasteiger partial charge on any atom is -0.319 e. The molecule has 1 aliphatic heterocycles. The van der Waals surface area contributed by atoms with Gasteiger partial charge in [0.2, 0.25) is 0 Å². The molecule has 0 aromatic heterocycles. The van der Waals surface area contributed by atoms with E-state index in [1.807, 2.05) is 7.05 Å². The molecule has 1 N–H and O–H groups in total. The lowest BCUT2D eigenvalue weighted by atomic mass is 10.0. The molecule has 0 spiro atoms. The van der Waals surface area contributed by atoms with E-state index in [1.165, 1.54) is 25.9 Å². The van der Waals surface area contributed by atoms with Crippen LogP contribution in [0.5, 0.6) is 0 Å². The largest absolute Gasteiger partial charge is 0.319 e. The summed E-state index contributed by atoms with van der Waals surface area (Å²) in [6, 6.07) is 0.725. The Kier molecular flexibility index (Phi) is 5.96. The second kappa shape index (κ2) is 7.02. The van der Waals surface area contributed by atoms with E-state index in [0.29, 0.717) is 0 Å². The van der Waals surface area contributed by atoms with Gasteiger partial charge in [-0.1, -0.05) is 12.2 Å². The first-order valence-corrected chi connectivity index (χ1v) is 6.27. The SMILES string of the molecule is CNCC/C=C\CC1CCN(C(C)C)C1. The molecular formula is C13H26N2. The van der Waals surface area contributed by atoms with E-state index in [9.17, 15) is 0 Å². The van der Waals surface area contributed by atoms with Crippen molar-refractivity contribution in [2.24, 2.45) is 5.92 Å². The van der Waals surface area contributed by atoms with Crippen molar-refractivity contribution in [3.05, 3.63) is 12.2 Å². The molecule has 0 amide bonds. The molecule has 2 nitrogen and oxygen atoms in total. The van der Waals surface area contributed by atoms with Crippen LogP contribution in [-0.2, 0) is 0 Å². The predicted octanol–water partition coefficient (Wildman–Crippen LogP) is 2.27. The maximum Gasteiger partial charge on any atom is 0.00387 e. The summed E-state index contributed by atoms with van der Waals surface area (Å²) in [5.41, 5.74) is 0.